The number of esters is 5. The van der Waals surface area contributed by atoms with Gasteiger partial charge in [0.15, 0.2) is 0 Å². The average molecular weight is 796 g/mol. The molecule has 1 atom stereocenters. The summed E-state index contributed by atoms with van der Waals surface area (Å²) in [6.07, 6.45) is 10.8. The number of amides is 1. The Labute approximate surface area is 337 Å². The Kier molecular flexibility index (Phi) is 33.8. The first-order chi connectivity index (χ1) is 25.8. The van der Waals surface area contributed by atoms with Crippen LogP contribution in [0.4, 0.5) is 4.79 Å². The smallest absolute Gasteiger partial charge is 0.407 e. The lowest BCUT2D eigenvalue weighted by molar-refractivity contribution is -0.150. The molecule has 0 radical (unpaired) electrons. The van der Waals surface area contributed by atoms with Crippen molar-refractivity contribution < 1.29 is 57.2 Å². The van der Waals surface area contributed by atoms with Gasteiger partial charge < -0.3 is 33.7 Å². The maximum atomic E-state index is 11.8. The highest BCUT2D eigenvalue weighted by molar-refractivity contribution is 5.88. The number of alkyl carbamates (subject to hydrolysis) is 1. The molecule has 13 nitrogen and oxygen atoms in total. The Balaban J connectivity index is -0.00000106. The Morgan fingerprint density at radius 3 is 1.25 bits per heavy atom. The summed E-state index contributed by atoms with van der Waals surface area (Å²) < 4.78 is 29.8. The number of unbranched alkanes of at least 4 members (excludes halogenated alkanes) is 7. The molecule has 1 amide bonds. The van der Waals surface area contributed by atoms with Gasteiger partial charge in [0.2, 0.25) is 0 Å². The molecule has 322 valence electrons. The number of nitrogens with one attached hydrogen (secondary N) is 1. The van der Waals surface area contributed by atoms with Gasteiger partial charge in [-0.1, -0.05) is 99.5 Å². The lowest BCUT2D eigenvalue weighted by Crippen LogP contribution is -2.35. The molecule has 0 fully saturated rings. The van der Waals surface area contributed by atoms with E-state index in [-0.39, 0.29) is 62.8 Å². The third-order valence-electron chi connectivity index (χ3n) is 7.72. The van der Waals surface area contributed by atoms with Crippen LogP contribution in [0.1, 0.15) is 133 Å². The lowest BCUT2D eigenvalue weighted by Gasteiger charge is -2.28. The molecule has 56 heavy (non-hydrogen) atoms. The van der Waals surface area contributed by atoms with Crippen molar-refractivity contribution >= 4 is 35.9 Å². The van der Waals surface area contributed by atoms with Crippen LogP contribution in [-0.2, 0) is 52.4 Å². The van der Waals surface area contributed by atoms with Crippen molar-refractivity contribution in [3.05, 3.63) is 48.6 Å². The van der Waals surface area contributed by atoms with E-state index in [0.717, 1.165) is 51.4 Å². The molecule has 0 bridgehead atoms. The van der Waals surface area contributed by atoms with Crippen molar-refractivity contribution in [3.63, 3.8) is 0 Å². The van der Waals surface area contributed by atoms with Crippen molar-refractivity contribution in [2.24, 2.45) is 11.3 Å². The first kappa shape index (κ1) is 55.9. The number of ether oxygens (including phenoxy) is 6. The predicted molar refractivity (Wildman–Crippen MR) is 218 cm³/mol. The molecule has 0 spiro atoms. The maximum absolute atomic E-state index is 11.8. The average Bonchev–Trinajstić information content (AvgIpc) is 3.10. The van der Waals surface area contributed by atoms with Crippen LogP contribution in [0, 0.1) is 11.3 Å². The first-order valence-electron chi connectivity index (χ1n) is 19.2. The molecule has 0 aliphatic rings. The zero-order chi connectivity index (χ0) is 42.2. The van der Waals surface area contributed by atoms with Crippen molar-refractivity contribution in [3.8, 4) is 0 Å². The second kappa shape index (κ2) is 33.9. The van der Waals surface area contributed by atoms with E-state index in [1.807, 2.05) is 13.8 Å². The number of carbonyl (C=O) groups excluding carboxylic acids is 6. The molecule has 1 unspecified atom stereocenters. The molecule has 0 aromatic heterocycles. The normalized spacial score (nSPS) is 10.8. The van der Waals surface area contributed by atoms with Gasteiger partial charge in [-0.25, -0.2) is 24.0 Å². The summed E-state index contributed by atoms with van der Waals surface area (Å²) in [4.78, 5) is 68.3. The van der Waals surface area contributed by atoms with E-state index in [9.17, 15) is 28.8 Å². The summed E-state index contributed by atoms with van der Waals surface area (Å²) in [6.45, 7) is 28.0. The quantitative estimate of drug-likeness (QED) is 0.0331. The fraction of sp³-hybridized carbons (Fsp3) is 0.674. The highest BCUT2D eigenvalue weighted by Crippen LogP contribution is 2.27. The van der Waals surface area contributed by atoms with Crippen LogP contribution in [0.2, 0.25) is 0 Å². The zero-order valence-electron chi connectivity index (χ0n) is 34.7. The van der Waals surface area contributed by atoms with Gasteiger partial charge in [-0.15, -0.1) is 0 Å². The molecule has 1 N–H and O–H groups in total. The van der Waals surface area contributed by atoms with Gasteiger partial charge in [0.1, 0.15) is 26.4 Å². The number of hydrogen-bond donors (Lipinski definition) is 1. The minimum Gasteiger partial charge on any atom is -0.462 e. The first-order valence-corrected chi connectivity index (χ1v) is 19.2. The van der Waals surface area contributed by atoms with E-state index in [1.54, 1.807) is 20.8 Å². The van der Waals surface area contributed by atoms with Gasteiger partial charge in [-0.2, -0.15) is 0 Å². The van der Waals surface area contributed by atoms with E-state index in [2.05, 4.69) is 38.6 Å². The molecular weight excluding hydrogens is 722 g/mol. The second-order valence-corrected chi connectivity index (χ2v) is 14.6. The standard InChI is InChI=1S/C24H39NO8.C18H30O4.CH4/c1-17(2)21(27)31-12-11-30-20(26)10-8-9-19(5)15-24(6,7)16-25-23(29)33-14-13-32-22(28)18(3)4;1-15(2)17(19)21-13-11-9-7-5-6-8-10-12-14-22-18(20)16(3)4;/h19H,1,3,8-16H2,2,4-7H3,(H,25,29);1,3,5-14H2,2,4H3;1H4. The van der Waals surface area contributed by atoms with Crippen molar-refractivity contribution in [2.75, 3.05) is 46.2 Å². The summed E-state index contributed by atoms with van der Waals surface area (Å²) in [5, 5.41) is 2.72. The molecule has 0 rings (SSSR count). The predicted octanol–water partition coefficient (Wildman–Crippen LogP) is 8.70. The minimum atomic E-state index is -0.571. The zero-order valence-corrected chi connectivity index (χ0v) is 34.7. The van der Waals surface area contributed by atoms with Crippen molar-refractivity contribution in [1.29, 1.82) is 0 Å². The van der Waals surface area contributed by atoms with Crippen LogP contribution < -0.4 is 5.32 Å². The minimum absolute atomic E-state index is 0. The van der Waals surface area contributed by atoms with Crippen LogP contribution in [0.5, 0.6) is 0 Å². The highest BCUT2D eigenvalue weighted by Gasteiger charge is 2.22. The van der Waals surface area contributed by atoms with Gasteiger partial charge in [0, 0.05) is 35.3 Å². The van der Waals surface area contributed by atoms with E-state index in [0.29, 0.717) is 55.2 Å². The van der Waals surface area contributed by atoms with E-state index in [1.165, 1.54) is 19.8 Å². The molecule has 0 aliphatic heterocycles. The van der Waals surface area contributed by atoms with Gasteiger partial charge in [-0.05, 0) is 64.7 Å². The Hall–Kier alpha value is -4.42. The SMILES string of the molecule is C.C=C(C)C(=O)OCCCCCCCCCCOC(=O)C(=C)C.C=C(C)C(=O)OCCOC(=O)CCCC(C)CC(C)(C)CNC(=O)OCCOC(=O)C(=C)C. The van der Waals surface area contributed by atoms with Crippen LogP contribution in [0.3, 0.4) is 0 Å². The summed E-state index contributed by atoms with van der Waals surface area (Å²) >= 11 is 0. The van der Waals surface area contributed by atoms with Crippen molar-refractivity contribution in [1.82, 2.24) is 5.32 Å². The summed E-state index contributed by atoms with van der Waals surface area (Å²) in [5.74, 6) is -1.62. The molecular formula is C43H73NO12. The maximum Gasteiger partial charge on any atom is 0.407 e. The lowest BCUT2D eigenvalue weighted by atomic mass is 9.81. The molecule has 0 heterocycles. The van der Waals surface area contributed by atoms with Crippen molar-refractivity contribution in [2.45, 2.75) is 133 Å². The summed E-state index contributed by atoms with van der Waals surface area (Å²) in [6, 6.07) is 0. The van der Waals surface area contributed by atoms with Gasteiger partial charge in [0.05, 0.1) is 13.2 Å². The molecule has 0 aliphatic carbocycles. The molecule has 0 aromatic rings. The summed E-state index contributed by atoms with van der Waals surface area (Å²) in [5.41, 5.74) is 1.32. The monoisotopic (exact) mass is 796 g/mol. The fourth-order valence-corrected chi connectivity index (χ4v) is 4.79. The third-order valence-corrected chi connectivity index (χ3v) is 7.72. The number of hydrogen-bond acceptors (Lipinski definition) is 12. The number of rotatable bonds is 29. The van der Waals surface area contributed by atoms with Crippen LogP contribution >= 0.6 is 0 Å². The molecule has 0 aromatic carbocycles. The molecule has 0 saturated carbocycles. The molecule has 13 heteroatoms. The molecule has 0 saturated heterocycles. The second-order valence-electron chi connectivity index (χ2n) is 14.6. The topological polar surface area (TPSA) is 170 Å². The third kappa shape index (κ3) is 35.3. The van der Waals surface area contributed by atoms with E-state index >= 15 is 0 Å². The largest absolute Gasteiger partial charge is 0.462 e. The van der Waals surface area contributed by atoms with Crippen LogP contribution in [-0.4, -0.2) is 82.1 Å². The summed E-state index contributed by atoms with van der Waals surface area (Å²) in [7, 11) is 0. The van der Waals surface area contributed by atoms with Crippen LogP contribution in [0.15, 0.2) is 48.6 Å². The van der Waals surface area contributed by atoms with Gasteiger partial charge in [0.25, 0.3) is 0 Å². The van der Waals surface area contributed by atoms with E-state index < -0.39 is 18.0 Å². The number of carbonyl (C=O) groups is 6. The fourth-order valence-electron chi connectivity index (χ4n) is 4.79. The highest BCUT2D eigenvalue weighted by atomic mass is 16.6. The van der Waals surface area contributed by atoms with Crippen LogP contribution in [0.25, 0.3) is 0 Å². The Bertz CT molecular complexity index is 1220. The Morgan fingerprint density at radius 1 is 0.518 bits per heavy atom. The van der Waals surface area contributed by atoms with E-state index in [4.69, 9.17) is 28.4 Å². The Morgan fingerprint density at radius 2 is 0.857 bits per heavy atom. The van der Waals surface area contributed by atoms with Gasteiger partial charge in [-0.3, -0.25) is 4.79 Å². The van der Waals surface area contributed by atoms with Gasteiger partial charge >= 0.3 is 35.9 Å².